The zero-order valence-electron chi connectivity index (χ0n) is 12.4. The molecule has 1 atom stereocenters. The first-order valence-electron chi connectivity index (χ1n) is 6.26. The van der Waals surface area contributed by atoms with Crippen LogP contribution in [0.3, 0.4) is 0 Å². The van der Waals surface area contributed by atoms with E-state index in [2.05, 4.69) is 10.3 Å². The molecule has 1 rings (SSSR count). The lowest BCUT2D eigenvalue weighted by Gasteiger charge is -2.22. The highest BCUT2D eigenvalue weighted by atomic mass is 16.6. The van der Waals surface area contributed by atoms with Crippen LogP contribution >= 0.6 is 0 Å². The van der Waals surface area contributed by atoms with Crippen molar-refractivity contribution >= 4 is 11.9 Å². The molecule has 110 valence electrons. The third-order valence-corrected chi connectivity index (χ3v) is 2.32. The first kappa shape index (κ1) is 15.9. The number of aromatic nitrogens is 1. The maximum atomic E-state index is 11.9. The summed E-state index contributed by atoms with van der Waals surface area (Å²) in [6, 6.07) is 2.42. The molecule has 1 heterocycles. The predicted molar refractivity (Wildman–Crippen MR) is 73.6 cm³/mol. The largest absolute Gasteiger partial charge is 0.481 e. The van der Waals surface area contributed by atoms with E-state index in [-0.39, 0.29) is 0 Å². The van der Waals surface area contributed by atoms with Gasteiger partial charge in [0.1, 0.15) is 11.6 Å². The molecule has 1 N–H and O–H groups in total. The van der Waals surface area contributed by atoms with Gasteiger partial charge in [-0.15, -0.1) is 0 Å². The molecular formula is C14H20N2O4. The zero-order chi connectivity index (χ0) is 15.3. The Bertz CT molecular complexity index is 477. The topological polar surface area (TPSA) is 77.5 Å². The highest BCUT2D eigenvalue weighted by Crippen LogP contribution is 2.09. The Morgan fingerprint density at radius 1 is 1.30 bits per heavy atom. The fourth-order valence-corrected chi connectivity index (χ4v) is 1.36. The van der Waals surface area contributed by atoms with Gasteiger partial charge in [0.15, 0.2) is 0 Å². The minimum atomic E-state index is -0.733. The molecule has 0 aliphatic carbocycles. The summed E-state index contributed by atoms with van der Waals surface area (Å²) in [5, 5.41) is 2.56. The lowest BCUT2D eigenvalue weighted by atomic mass is 10.2. The molecule has 0 saturated heterocycles. The number of nitrogens with zero attached hydrogens (tertiary/aromatic N) is 1. The molecule has 0 aromatic carbocycles. The number of hydrogen-bond donors (Lipinski definition) is 1. The van der Waals surface area contributed by atoms with Crippen LogP contribution in [0, 0.1) is 0 Å². The van der Waals surface area contributed by atoms with Gasteiger partial charge in [-0.05, 0) is 33.8 Å². The standard InChI is InChI=1S/C14H20N2O4/c1-9(13(18)20-14(2,3)4)16-12(17)10-6-7-11(19-5)15-8-10/h6-9H,1-5H3,(H,16,17)/t9-/m0/s1. The van der Waals surface area contributed by atoms with Crippen molar-refractivity contribution in [3.05, 3.63) is 23.9 Å². The molecule has 20 heavy (non-hydrogen) atoms. The molecule has 1 amide bonds. The van der Waals surface area contributed by atoms with Gasteiger partial charge in [0.05, 0.1) is 12.7 Å². The van der Waals surface area contributed by atoms with Gasteiger partial charge in [-0.2, -0.15) is 0 Å². The molecule has 0 fully saturated rings. The summed E-state index contributed by atoms with van der Waals surface area (Å²) in [5.41, 5.74) is -0.237. The van der Waals surface area contributed by atoms with E-state index in [1.807, 2.05) is 0 Å². The summed E-state index contributed by atoms with van der Waals surface area (Å²) in [4.78, 5) is 27.6. The van der Waals surface area contributed by atoms with Gasteiger partial charge in [-0.25, -0.2) is 9.78 Å². The van der Waals surface area contributed by atoms with Crippen molar-refractivity contribution in [2.24, 2.45) is 0 Å². The summed E-state index contributed by atoms with van der Waals surface area (Å²) < 4.78 is 10.1. The Morgan fingerprint density at radius 2 is 1.95 bits per heavy atom. The number of esters is 1. The molecule has 1 aromatic rings. The van der Waals surface area contributed by atoms with Crippen molar-refractivity contribution in [3.63, 3.8) is 0 Å². The molecule has 0 bridgehead atoms. The number of carbonyl (C=O) groups is 2. The molecule has 0 saturated carbocycles. The minimum Gasteiger partial charge on any atom is -0.481 e. The second-order valence-electron chi connectivity index (χ2n) is 5.32. The lowest BCUT2D eigenvalue weighted by Crippen LogP contribution is -2.42. The lowest BCUT2D eigenvalue weighted by molar-refractivity contribution is -0.156. The van der Waals surface area contributed by atoms with Crippen molar-refractivity contribution in [2.75, 3.05) is 7.11 Å². The van der Waals surface area contributed by atoms with Gasteiger partial charge in [0.2, 0.25) is 5.88 Å². The molecule has 0 aliphatic rings. The average Bonchev–Trinajstić information content (AvgIpc) is 2.36. The number of ether oxygens (including phenoxy) is 2. The van der Waals surface area contributed by atoms with Crippen LogP contribution in [0.2, 0.25) is 0 Å². The van der Waals surface area contributed by atoms with Crippen LogP contribution in [0.4, 0.5) is 0 Å². The van der Waals surface area contributed by atoms with Gasteiger partial charge in [-0.3, -0.25) is 4.79 Å². The summed E-state index contributed by atoms with van der Waals surface area (Å²) in [6.07, 6.45) is 1.38. The predicted octanol–water partition coefficient (Wildman–Crippen LogP) is 1.55. The Hall–Kier alpha value is -2.11. The molecule has 6 heteroatoms. The van der Waals surface area contributed by atoms with Gasteiger partial charge in [-0.1, -0.05) is 0 Å². The monoisotopic (exact) mass is 280 g/mol. The van der Waals surface area contributed by atoms with E-state index in [9.17, 15) is 9.59 Å². The van der Waals surface area contributed by atoms with Crippen LogP contribution in [-0.4, -0.2) is 35.6 Å². The van der Waals surface area contributed by atoms with Gasteiger partial charge < -0.3 is 14.8 Å². The second-order valence-corrected chi connectivity index (χ2v) is 5.32. The maximum absolute atomic E-state index is 11.9. The first-order chi connectivity index (χ1) is 9.23. The second kappa shape index (κ2) is 6.36. The molecule has 0 spiro atoms. The van der Waals surface area contributed by atoms with Crippen LogP contribution < -0.4 is 10.1 Å². The molecule has 1 aromatic heterocycles. The van der Waals surface area contributed by atoms with E-state index in [1.54, 1.807) is 39.8 Å². The Balaban J connectivity index is 2.62. The number of pyridine rings is 1. The minimum absolute atomic E-state index is 0.348. The van der Waals surface area contributed by atoms with Crippen LogP contribution in [0.5, 0.6) is 5.88 Å². The van der Waals surface area contributed by atoms with Crippen molar-refractivity contribution in [1.29, 1.82) is 0 Å². The van der Waals surface area contributed by atoms with Crippen molar-refractivity contribution in [3.8, 4) is 5.88 Å². The Labute approximate surface area is 118 Å². The number of methoxy groups -OCH3 is 1. The molecule has 6 nitrogen and oxygen atoms in total. The van der Waals surface area contributed by atoms with E-state index >= 15 is 0 Å². The first-order valence-corrected chi connectivity index (χ1v) is 6.26. The number of nitrogens with one attached hydrogen (secondary N) is 1. The summed E-state index contributed by atoms with van der Waals surface area (Å²) in [7, 11) is 1.49. The smallest absolute Gasteiger partial charge is 0.328 e. The van der Waals surface area contributed by atoms with Crippen LogP contribution in [0.25, 0.3) is 0 Å². The number of carbonyl (C=O) groups excluding carboxylic acids is 2. The van der Waals surface area contributed by atoms with E-state index < -0.39 is 23.5 Å². The van der Waals surface area contributed by atoms with Crippen LogP contribution in [0.1, 0.15) is 38.1 Å². The Kier molecular flexibility index (Phi) is 5.07. The zero-order valence-corrected chi connectivity index (χ0v) is 12.4. The third-order valence-electron chi connectivity index (χ3n) is 2.32. The summed E-state index contributed by atoms with van der Waals surface area (Å²) in [5.74, 6) is -0.451. The summed E-state index contributed by atoms with van der Waals surface area (Å²) in [6.45, 7) is 6.88. The van der Waals surface area contributed by atoms with Crippen LogP contribution in [-0.2, 0) is 9.53 Å². The molecule has 0 radical (unpaired) electrons. The quantitative estimate of drug-likeness (QED) is 0.847. The fraction of sp³-hybridized carbons (Fsp3) is 0.500. The SMILES string of the molecule is COc1ccc(C(=O)N[C@@H](C)C(=O)OC(C)(C)C)cn1. The molecule has 0 unspecified atom stereocenters. The van der Waals surface area contributed by atoms with Crippen LogP contribution in [0.15, 0.2) is 18.3 Å². The normalized spacial score (nSPS) is 12.4. The average molecular weight is 280 g/mol. The van der Waals surface area contributed by atoms with Gasteiger partial charge in [0.25, 0.3) is 5.91 Å². The third kappa shape index (κ3) is 4.87. The van der Waals surface area contributed by atoms with Crippen molar-refractivity contribution in [2.45, 2.75) is 39.3 Å². The van der Waals surface area contributed by atoms with E-state index in [4.69, 9.17) is 9.47 Å². The number of hydrogen-bond acceptors (Lipinski definition) is 5. The van der Waals surface area contributed by atoms with E-state index in [1.165, 1.54) is 13.3 Å². The van der Waals surface area contributed by atoms with Gasteiger partial charge in [0, 0.05) is 12.3 Å². The Morgan fingerprint density at radius 3 is 2.40 bits per heavy atom. The van der Waals surface area contributed by atoms with E-state index in [0.29, 0.717) is 11.4 Å². The highest BCUT2D eigenvalue weighted by Gasteiger charge is 2.23. The number of rotatable bonds is 4. The number of amides is 1. The summed E-state index contributed by atoms with van der Waals surface area (Å²) >= 11 is 0. The molecule has 0 aliphatic heterocycles. The van der Waals surface area contributed by atoms with Crippen molar-refractivity contribution < 1.29 is 19.1 Å². The van der Waals surface area contributed by atoms with Gasteiger partial charge >= 0.3 is 5.97 Å². The molecular weight excluding hydrogens is 260 g/mol. The highest BCUT2D eigenvalue weighted by molar-refractivity contribution is 5.96. The van der Waals surface area contributed by atoms with Crippen molar-refractivity contribution in [1.82, 2.24) is 10.3 Å². The van der Waals surface area contributed by atoms with E-state index in [0.717, 1.165) is 0 Å². The fourth-order valence-electron chi connectivity index (χ4n) is 1.36. The maximum Gasteiger partial charge on any atom is 0.328 e.